The van der Waals surface area contributed by atoms with Crippen LogP contribution in [-0.2, 0) is 6.42 Å². The van der Waals surface area contributed by atoms with Gasteiger partial charge in [-0.3, -0.25) is 4.98 Å². The average Bonchev–Trinajstić information content (AvgIpc) is 3.15. The van der Waals surface area contributed by atoms with Crippen molar-refractivity contribution in [3.8, 4) is 29.2 Å². The van der Waals surface area contributed by atoms with E-state index in [1.807, 2.05) is 25.1 Å². The van der Waals surface area contributed by atoms with E-state index in [0.29, 0.717) is 23.1 Å². The fraction of sp³-hybridized carbons (Fsp3) is 0.143. The lowest BCUT2D eigenvalue weighted by molar-refractivity contribution is 0.431. The van der Waals surface area contributed by atoms with Gasteiger partial charge in [0.15, 0.2) is 0 Å². The molecule has 0 aliphatic heterocycles. The molecule has 3 heterocycles. The van der Waals surface area contributed by atoms with Gasteiger partial charge in [-0.2, -0.15) is 10.2 Å². The molecule has 3 aromatic heterocycles. The fourth-order valence-corrected chi connectivity index (χ4v) is 1.94. The van der Waals surface area contributed by atoms with Crippen molar-refractivity contribution in [2.24, 2.45) is 0 Å². The molecule has 0 amide bonds. The van der Waals surface area contributed by atoms with Gasteiger partial charge in [0.2, 0.25) is 5.82 Å². The molecule has 0 radical (unpaired) electrons. The van der Waals surface area contributed by atoms with E-state index in [1.165, 1.54) is 0 Å². The molecule has 0 fully saturated rings. The second-order valence-electron chi connectivity index (χ2n) is 4.19. The molecule has 98 valence electrons. The van der Waals surface area contributed by atoms with Crippen molar-refractivity contribution in [1.29, 1.82) is 5.26 Å². The van der Waals surface area contributed by atoms with Crippen LogP contribution in [0.15, 0.2) is 35.0 Å². The highest BCUT2D eigenvalue weighted by Gasteiger charge is 2.15. The highest BCUT2D eigenvalue weighted by Crippen LogP contribution is 2.22. The minimum Gasteiger partial charge on any atom is -0.342 e. The Balaban J connectivity index is 2.00. The van der Waals surface area contributed by atoms with Gasteiger partial charge in [-0.05, 0) is 30.2 Å². The van der Waals surface area contributed by atoms with Crippen molar-refractivity contribution in [1.82, 2.24) is 20.1 Å². The number of nitrogens with zero attached hydrogens (tertiary/aromatic N) is 4. The summed E-state index contributed by atoms with van der Waals surface area (Å²) in [6.45, 7) is 2.05. The summed E-state index contributed by atoms with van der Waals surface area (Å²) in [5.41, 5.74) is 2.85. The van der Waals surface area contributed by atoms with E-state index in [9.17, 15) is 0 Å². The van der Waals surface area contributed by atoms with Crippen LogP contribution in [0.25, 0.3) is 23.1 Å². The molecule has 0 spiro atoms. The Bertz CT molecular complexity index is 781. The van der Waals surface area contributed by atoms with E-state index >= 15 is 0 Å². The maximum atomic E-state index is 8.79. The third-order valence-corrected chi connectivity index (χ3v) is 2.95. The predicted molar refractivity (Wildman–Crippen MR) is 71.4 cm³/mol. The monoisotopic (exact) mass is 265 g/mol. The third-order valence-electron chi connectivity index (χ3n) is 2.95. The Morgan fingerprint density at radius 2 is 2.25 bits per heavy atom. The van der Waals surface area contributed by atoms with Gasteiger partial charge < -0.3 is 9.51 Å². The molecule has 6 heteroatoms. The number of aromatic amines is 1. The largest absolute Gasteiger partial charge is 0.342 e. The van der Waals surface area contributed by atoms with Gasteiger partial charge in [0.25, 0.3) is 5.89 Å². The summed E-state index contributed by atoms with van der Waals surface area (Å²) in [7, 11) is 0. The van der Waals surface area contributed by atoms with Crippen LogP contribution in [-0.4, -0.2) is 20.1 Å². The van der Waals surface area contributed by atoms with Gasteiger partial charge in [-0.15, -0.1) is 0 Å². The molecule has 0 atom stereocenters. The summed E-state index contributed by atoms with van der Waals surface area (Å²) in [5, 5.41) is 12.7. The van der Waals surface area contributed by atoms with Crippen LogP contribution in [0.2, 0.25) is 0 Å². The number of rotatable bonds is 3. The molecule has 0 saturated carbocycles. The first-order valence-corrected chi connectivity index (χ1v) is 6.19. The van der Waals surface area contributed by atoms with Crippen molar-refractivity contribution in [3.05, 3.63) is 41.7 Å². The maximum absolute atomic E-state index is 8.79. The Hall–Kier alpha value is -2.94. The third kappa shape index (κ3) is 2.06. The van der Waals surface area contributed by atoms with Crippen LogP contribution < -0.4 is 0 Å². The maximum Gasteiger partial charge on any atom is 0.274 e. The van der Waals surface area contributed by atoms with Crippen molar-refractivity contribution in [3.63, 3.8) is 0 Å². The zero-order chi connectivity index (χ0) is 13.9. The lowest BCUT2D eigenvalue weighted by Gasteiger charge is -2.00. The molecule has 0 bridgehead atoms. The van der Waals surface area contributed by atoms with E-state index in [0.717, 1.165) is 17.7 Å². The van der Waals surface area contributed by atoms with Gasteiger partial charge >= 0.3 is 0 Å². The Morgan fingerprint density at radius 3 is 3.00 bits per heavy atom. The van der Waals surface area contributed by atoms with Crippen molar-refractivity contribution in [2.75, 3.05) is 0 Å². The summed E-state index contributed by atoms with van der Waals surface area (Å²) < 4.78 is 5.22. The van der Waals surface area contributed by atoms with Gasteiger partial charge in [-0.1, -0.05) is 18.1 Å². The molecular weight excluding hydrogens is 254 g/mol. The van der Waals surface area contributed by atoms with Gasteiger partial charge in [-0.25, -0.2) is 0 Å². The molecule has 0 saturated heterocycles. The summed E-state index contributed by atoms with van der Waals surface area (Å²) in [5.74, 6) is 0.791. The van der Waals surface area contributed by atoms with Gasteiger partial charge in [0, 0.05) is 6.20 Å². The van der Waals surface area contributed by atoms with Crippen LogP contribution in [0.5, 0.6) is 0 Å². The summed E-state index contributed by atoms with van der Waals surface area (Å²) in [4.78, 5) is 11.5. The molecule has 1 N–H and O–H groups in total. The number of pyridine rings is 1. The Kier molecular flexibility index (Phi) is 3.01. The first-order chi connectivity index (χ1) is 9.81. The fourth-order valence-electron chi connectivity index (χ4n) is 1.94. The highest BCUT2D eigenvalue weighted by atomic mass is 16.5. The minimum atomic E-state index is 0.342. The predicted octanol–water partition coefficient (Wildman–Crippen LogP) is 2.56. The number of hydrogen-bond acceptors (Lipinski definition) is 5. The first-order valence-electron chi connectivity index (χ1n) is 6.19. The quantitative estimate of drug-likeness (QED) is 0.785. The molecular formula is C14H11N5O. The Labute approximate surface area is 115 Å². The number of H-pyrrole nitrogens is 1. The number of aromatic nitrogens is 4. The number of hydrogen-bond donors (Lipinski definition) is 1. The lowest BCUT2D eigenvalue weighted by Crippen LogP contribution is -1.92. The van der Waals surface area contributed by atoms with E-state index in [4.69, 9.17) is 9.78 Å². The van der Waals surface area contributed by atoms with Crippen molar-refractivity contribution >= 4 is 0 Å². The SMILES string of the molecule is CCc1cccnc1-c1noc(-c2ccc(C#N)[nH]2)n1. The summed E-state index contributed by atoms with van der Waals surface area (Å²) >= 11 is 0. The number of aryl methyl sites for hydroxylation is 1. The lowest BCUT2D eigenvalue weighted by atomic mass is 10.1. The van der Waals surface area contributed by atoms with E-state index in [1.54, 1.807) is 18.3 Å². The molecule has 20 heavy (non-hydrogen) atoms. The number of nitriles is 1. The van der Waals surface area contributed by atoms with E-state index in [2.05, 4.69) is 20.1 Å². The second-order valence-corrected chi connectivity index (χ2v) is 4.19. The summed E-state index contributed by atoms with van der Waals surface area (Å²) in [6.07, 6.45) is 2.54. The molecule has 0 aliphatic rings. The van der Waals surface area contributed by atoms with Gasteiger partial charge in [0.1, 0.15) is 23.2 Å². The van der Waals surface area contributed by atoms with Gasteiger partial charge in [0.05, 0.1) is 0 Å². The van der Waals surface area contributed by atoms with E-state index < -0.39 is 0 Å². The first kappa shape index (κ1) is 12.1. The van der Waals surface area contributed by atoms with Crippen LogP contribution >= 0.6 is 0 Å². The van der Waals surface area contributed by atoms with Crippen molar-refractivity contribution in [2.45, 2.75) is 13.3 Å². The molecule has 0 aromatic carbocycles. The summed E-state index contributed by atoms with van der Waals surface area (Å²) in [6, 6.07) is 9.28. The van der Waals surface area contributed by atoms with Crippen LogP contribution in [0.4, 0.5) is 0 Å². The molecule has 0 aliphatic carbocycles. The van der Waals surface area contributed by atoms with Crippen LogP contribution in [0, 0.1) is 11.3 Å². The van der Waals surface area contributed by atoms with E-state index in [-0.39, 0.29) is 0 Å². The van der Waals surface area contributed by atoms with Crippen LogP contribution in [0.3, 0.4) is 0 Å². The molecule has 3 aromatic rings. The smallest absolute Gasteiger partial charge is 0.274 e. The molecule has 0 unspecified atom stereocenters. The second kappa shape index (κ2) is 4.97. The zero-order valence-electron chi connectivity index (χ0n) is 10.8. The topological polar surface area (TPSA) is 91.4 Å². The number of nitrogens with one attached hydrogen (secondary N) is 1. The Morgan fingerprint density at radius 1 is 1.35 bits per heavy atom. The van der Waals surface area contributed by atoms with Crippen LogP contribution in [0.1, 0.15) is 18.2 Å². The molecule has 6 nitrogen and oxygen atoms in total. The highest BCUT2D eigenvalue weighted by molar-refractivity contribution is 5.58. The van der Waals surface area contributed by atoms with Crippen molar-refractivity contribution < 1.29 is 4.52 Å². The normalized spacial score (nSPS) is 10.4. The molecule has 3 rings (SSSR count). The minimum absolute atomic E-state index is 0.342. The standard InChI is InChI=1S/C14H11N5O/c1-2-9-4-3-7-16-12(9)13-18-14(20-19-13)11-6-5-10(8-15)17-11/h3-7,17H,2H2,1H3. The average molecular weight is 265 g/mol. The zero-order valence-corrected chi connectivity index (χ0v) is 10.8.